The smallest absolute Gasteiger partial charge is 0.268 e. The second-order valence-corrected chi connectivity index (χ2v) is 10.3. The van der Waals surface area contributed by atoms with Crippen molar-refractivity contribution in [3.63, 3.8) is 0 Å². The van der Waals surface area contributed by atoms with Crippen LogP contribution in [0, 0.1) is 0 Å². The van der Waals surface area contributed by atoms with Gasteiger partial charge in [0.25, 0.3) is 11.8 Å². The molecule has 3 heterocycles. The molecule has 206 valence electrons. The quantitative estimate of drug-likeness (QED) is 0.347. The highest BCUT2D eigenvalue weighted by atomic mass is 16.8. The molecule has 4 aromatic rings. The summed E-state index contributed by atoms with van der Waals surface area (Å²) in [6, 6.07) is 29.9. The van der Waals surface area contributed by atoms with Gasteiger partial charge < -0.3 is 28.7 Å². The Morgan fingerprint density at radius 1 is 0.732 bits per heavy atom. The van der Waals surface area contributed by atoms with Crippen molar-refractivity contribution >= 4 is 23.2 Å². The van der Waals surface area contributed by atoms with Gasteiger partial charge in [0.2, 0.25) is 11.2 Å². The van der Waals surface area contributed by atoms with Crippen molar-refractivity contribution in [2.45, 2.75) is 24.0 Å². The fourth-order valence-electron chi connectivity index (χ4n) is 6.44. The highest BCUT2D eigenvalue weighted by Gasteiger charge is 2.78. The third kappa shape index (κ3) is 3.29. The van der Waals surface area contributed by atoms with Crippen molar-refractivity contribution in [2.75, 3.05) is 31.1 Å². The Labute approximate surface area is 237 Å². The van der Waals surface area contributed by atoms with Gasteiger partial charge in [0.15, 0.2) is 6.29 Å². The molecule has 4 aromatic carbocycles. The van der Waals surface area contributed by atoms with Crippen LogP contribution in [0.15, 0.2) is 97.1 Å². The van der Waals surface area contributed by atoms with E-state index in [-0.39, 0.29) is 11.8 Å². The first kappa shape index (κ1) is 25.3. The number of nitrogens with zero attached hydrogens (tertiary/aromatic N) is 2. The van der Waals surface area contributed by atoms with Gasteiger partial charge >= 0.3 is 0 Å². The van der Waals surface area contributed by atoms with E-state index >= 15 is 0 Å². The maximum Gasteiger partial charge on any atom is 0.268 e. The van der Waals surface area contributed by atoms with Crippen LogP contribution in [-0.4, -0.2) is 33.1 Å². The Balaban J connectivity index is 1.49. The van der Waals surface area contributed by atoms with E-state index in [9.17, 15) is 9.59 Å². The number of amides is 2. The van der Waals surface area contributed by atoms with Gasteiger partial charge in [-0.15, -0.1) is 0 Å². The Hall–Kier alpha value is -4.66. The van der Waals surface area contributed by atoms with Crippen molar-refractivity contribution in [3.8, 4) is 11.5 Å². The molecule has 2 spiro atoms. The molecular formula is C33H28N2O6. The molecule has 0 saturated carbocycles. The van der Waals surface area contributed by atoms with Gasteiger partial charge in [-0.2, -0.15) is 0 Å². The molecule has 1 saturated heterocycles. The van der Waals surface area contributed by atoms with Gasteiger partial charge in [0.05, 0.1) is 37.7 Å². The monoisotopic (exact) mass is 548 g/mol. The van der Waals surface area contributed by atoms with Crippen molar-refractivity contribution in [3.05, 3.63) is 119 Å². The van der Waals surface area contributed by atoms with E-state index in [1.165, 1.54) is 0 Å². The topological polar surface area (TPSA) is 77.5 Å². The standard InChI is InChI=1S/C33H28N2O6/c1-34-26-15-9-7-13-24(26)32(30(34)36)33(41-29(40-32)23-19-22(38-2)17-18-28(23)39-3)25-14-8-10-16-27(25)35(31(33)37)20-21-11-5-4-6-12-21/h4-19,29H,20H2,1-3H3/t29-,32-,33-/m1/s1. The molecule has 0 aliphatic carbocycles. The zero-order valence-electron chi connectivity index (χ0n) is 22.9. The second kappa shape index (κ2) is 9.19. The summed E-state index contributed by atoms with van der Waals surface area (Å²) < 4.78 is 24.8. The summed E-state index contributed by atoms with van der Waals surface area (Å²) in [5, 5.41) is 0. The van der Waals surface area contributed by atoms with Crippen LogP contribution in [0.4, 0.5) is 11.4 Å². The summed E-state index contributed by atoms with van der Waals surface area (Å²) in [7, 11) is 4.81. The lowest BCUT2D eigenvalue weighted by Gasteiger charge is -2.35. The summed E-state index contributed by atoms with van der Waals surface area (Å²) in [6.07, 6.45) is -1.13. The molecule has 41 heavy (non-hydrogen) atoms. The first-order chi connectivity index (χ1) is 20.0. The van der Waals surface area contributed by atoms with Gasteiger partial charge in [-0.25, -0.2) is 0 Å². The van der Waals surface area contributed by atoms with Crippen LogP contribution in [0.1, 0.15) is 28.5 Å². The fraction of sp³-hybridized carbons (Fsp3) is 0.212. The number of anilines is 2. The van der Waals surface area contributed by atoms with Crippen LogP contribution < -0.4 is 19.3 Å². The van der Waals surface area contributed by atoms with E-state index in [0.29, 0.717) is 46.1 Å². The Morgan fingerprint density at radius 3 is 2.02 bits per heavy atom. The number of para-hydroxylation sites is 2. The lowest BCUT2D eigenvalue weighted by atomic mass is 9.74. The fourth-order valence-corrected chi connectivity index (χ4v) is 6.44. The number of likely N-dealkylation sites (N-methyl/N-ethyl adjacent to an activating group) is 1. The minimum Gasteiger partial charge on any atom is -0.497 e. The molecule has 0 bridgehead atoms. The average Bonchev–Trinajstić information content (AvgIpc) is 3.58. The number of hydrogen-bond donors (Lipinski definition) is 0. The average molecular weight is 549 g/mol. The molecule has 3 aliphatic rings. The van der Waals surface area contributed by atoms with E-state index < -0.39 is 17.5 Å². The molecule has 1 fully saturated rings. The molecule has 0 radical (unpaired) electrons. The normalized spacial score (nSPS) is 24.3. The highest BCUT2D eigenvalue weighted by Crippen LogP contribution is 2.66. The van der Waals surface area contributed by atoms with Crippen LogP contribution in [-0.2, 0) is 36.8 Å². The predicted molar refractivity (Wildman–Crippen MR) is 152 cm³/mol. The van der Waals surface area contributed by atoms with Gasteiger partial charge in [0.1, 0.15) is 11.5 Å². The van der Waals surface area contributed by atoms with Crippen LogP contribution in [0.2, 0.25) is 0 Å². The molecule has 0 unspecified atom stereocenters. The molecule has 0 aromatic heterocycles. The predicted octanol–water partition coefficient (Wildman–Crippen LogP) is 5.06. The van der Waals surface area contributed by atoms with Gasteiger partial charge in [-0.3, -0.25) is 9.59 Å². The van der Waals surface area contributed by atoms with Gasteiger partial charge in [-0.1, -0.05) is 66.7 Å². The Bertz CT molecular complexity index is 1690. The largest absolute Gasteiger partial charge is 0.497 e. The second-order valence-electron chi connectivity index (χ2n) is 10.3. The van der Waals surface area contributed by atoms with Crippen LogP contribution in [0.3, 0.4) is 0 Å². The van der Waals surface area contributed by atoms with Gasteiger partial charge in [-0.05, 0) is 35.9 Å². The number of hydrogen-bond acceptors (Lipinski definition) is 6. The lowest BCUT2D eigenvalue weighted by Crippen LogP contribution is -2.57. The highest BCUT2D eigenvalue weighted by molar-refractivity contribution is 6.17. The van der Waals surface area contributed by atoms with Crippen LogP contribution in [0.25, 0.3) is 0 Å². The van der Waals surface area contributed by atoms with Crippen molar-refractivity contribution < 1.29 is 28.5 Å². The minimum absolute atomic E-state index is 0.302. The molecule has 0 N–H and O–H groups in total. The summed E-state index contributed by atoms with van der Waals surface area (Å²) >= 11 is 0. The number of ether oxygens (including phenoxy) is 4. The maximum atomic E-state index is 15.0. The van der Waals surface area contributed by atoms with Crippen molar-refractivity contribution in [1.82, 2.24) is 0 Å². The summed E-state index contributed by atoms with van der Waals surface area (Å²) in [5.41, 5.74) is 0.320. The van der Waals surface area contributed by atoms with E-state index in [4.69, 9.17) is 18.9 Å². The zero-order valence-corrected chi connectivity index (χ0v) is 22.9. The number of benzene rings is 4. The van der Waals surface area contributed by atoms with Crippen molar-refractivity contribution in [1.29, 1.82) is 0 Å². The third-order valence-electron chi connectivity index (χ3n) is 8.31. The first-order valence-corrected chi connectivity index (χ1v) is 13.4. The number of rotatable bonds is 5. The number of methoxy groups -OCH3 is 2. The zero-order chi connectivity index (χ0) is 28.4. The van der Waals surface area contributed by atoms with E-state index in [1.807, 2.05) is 78.9 Å². The van der Waals surface area contributed by atoms with Crippen LogP contribution >= 0.6 is 0 Å². The number of fused-ring (bicyclic) bond motifs is 5. The lowest BCUT2D eigenvalue weighted by molar-refractivity contribution is -0.156. The Morgan fingerprint density at radius 2 is 1.34 bits per heavy atom. The SMILES string of the molecule is COc1ccc(OC)c([C@@H]2O[C@]3(C(=O)N(C)c4ccccc43)[C@]3(O2)C(=O)N(Cc2ccccc2)c2ccccc23)c1. The van der Waals surface area contributed by atoms with E-state index in [2.05, 4.69) is 0 Å². The molecule has 8 nitrogen and oxygen atoms in total. The Kier molecular flexibility index (Phi) is 5.67. The first-order valence-electron chi connectivity index (χ1n) is 13.4. The van der Waals surface area contributed by atoms with Crippen molar-refractivity contribution in [2.24, 2.45) is 0 Å². The third-order valence-corrected chi connectivity index (χ3v) is 8.31. The molecule has 3 atom stereocenters. The summed E-state index contributed by atoms with van der Waals surface area (Å²) in [4.78, 5) is 32.7. The molecular weight excluding hydrogens is 520 g/mol. The van der Waals surface area contributed by atoms with Gasteiger partial charge in [0, 0.05) is 18.2 Å². The molecule has 7 rings (SSSR count). The molecule has 2 amide bonds. The number of carbonyl (C=O) groups excluding carboxylic acids is 2. The molecule has 8 heteroatoms. The summed E-state index contributed by atoms with van der Waals surface area (Å²) in [5.74, 6) is 0.287. The minimum atomic E-state index is -1.81. The van der Waals surface area contributed by atoms with E-state index in [0.717, 1.165) is 5.56 Å². The number of carbonyl (C=O) groups is 2. The van der Waals surface area contributed by atoms with Crippen LogP contribution in [0.5, 0.6) is 11.5 Å². The summed E-state index contributed by atoms with van der Waals surface area (Å²) in [6.45, 7) is 0.302. The van der Waals surface area contributed by atoms with E-state index in [1.54, 1.807) is 49.3 Å². The molecule has 3 aliphatic heterocycles. The maximum absolute atomic E-state index is 15.0.